The Labute approximate surface area is 150 Å². The maximum Gasteiger partial charge on any atom is 0.186 e. The van der Waals surface area contributed by atoms with E-state index in [0.29, 0.717) is 6.61 Å². The van der Waals surface area contributed by atoms with Crippen molar-refractivity contribution in [1.82, 2.24) is 0 Å². The van der Waals surface area contributed by atoms with Crippen molar-refractivity contribution < 1.29 is 28.8 Å². The number of aliphatic hydroxyl groups excluding tert-OH is 1. The van der Waals surface area contributed by atoms with Crippen LogP contribution >= 0.6 is 15.9 Å². The molecule has 134 valence electrons. The van der Waals surface area contributed by atoms with Crippen molar-refractivity contribution in [2.75, 3.05) is 13.7 Å². The van der Waals surface area contributed by atoms with Crippen molar-refractivity contribution in [2.24, 2.45) is 0 Å². The summed E-state index contributed by atoms with van der Waals surface area (Å²) >= 11 is 3.51. The van der Waals surface area contributed by atoms with E-state index in [1.807, 2.05) is 38.1 Å². The Kier molecular flexibility index (Phi) is 5.61. The molecule has 0 radical (unpaired) electrons. The minimum atomic E-state index is -0.755. The van der Waals surface area contributed by atoms with Crippen LogP contribution in [-0.2, 0) is 30.3 Å². The molecular weight excluding hydrogens is 380 g/mol. The van der Waals surface area contributed by atoms with Crippen LogP contribution in [0.3, 0.4) is 0 Å². The highest BCUT2D eigenvalue weighted by Gasteiger charge is 2.55. The maximum absolute atomic E-state index is 9.71. The average Bonchev–Trinajstić information content (AvgIpc) is 2.88. The van der Waals surface area contributed by atoms with E-state index in [1.165, 1.54) is 0 Å². The monoisotopic (exact) mass is 402 g/mol. The van der Waals surface area contributed by atoms with Gasteiger partial charge in [-0.05, 0) is 25.5 Å². The van der Waals surface area contributed by atoms with Crippen molar-refractivity contribution in [3.8, 4) is 0 Å². The van der Waals surface area contributed by atoms with Gasteiger partial charge in [0.1, 0.15) is 24.4 Å². The predicted molar refractivity (Wildman–Crippen MR) is 89.3 cm³/mol. The van der Waals surface area contributed by atoms with E-state index in [0.717, 1.165) is 10.0 Å². The lowest BCUT2D eigenvalue weighted by Gasteiger charge is -2.40. The first-order valence-electron chi connectivity index (χ1n) is 7.95. The first kappa shape index (κ1) is 18.3. The molecule has 0 bridgehead atoms. The van der Waals surface area contributed by atoms with Crippen LogP contribution in [0.5, 0.6) is 0 Å². The molecule has 2 saturated heterocycles. The van der Waals surface area contributed by atoms with E-state index in [-0.39, 0.29) is 12.7 Å². The second kappa shape index (κ2) is 7.37. The molecule has 24 heavy (non-hydrogen) atoms. The van der Waals surface area contributed by atoms with Crippen LogP contribution in [0.15, 0.2) is 28.7 Å². The highest BCUT2D eigenvalue weighted by Crippen LogP contribution is 2.39. The van der Waals surface area contributed by atoms with E-state index in [9.17, 15) is 5.11 Å². The summed E-state index contributed by atoms with van der Waals surface area (Å²) in [6.07, 6.45) is -2.39. The molecular formula is C17H23BrO6. The molecule has 0 amide bonds. The number of benzene rings is 1. The van der Waals surface area contributed by atoms with Gasteiger partial charge in [-0.3, -0.25) is 0 Å². The van der Waals surface area contributed by atoms with Gasteiger partial charge in [-0.15, -0.1) is 0 Å². The molecule has 1 aromatic carbocycles. The minimum absolute atomic E-state index is 0.187. The smallest absolute Gasteiger partial charge is 0.186 e. The van der Waals surface area contributed by atoms with Gasteiger partial charge in [-0.2, -0.15) is 0 Å². The Hall–Kier alpha value is -0.540. The highest BCUT2D eigenvalue weighted by molar-refractivity contribution is 9.10. The molecule has 5 atom stereocenters. The average molecular weight is 403 g/mol. The van der Waals surface area contributed by atoms with Crippen LogP contribution in [0.4, 0.5) is 0 Å². The van der Waals surface area contributed by atoms with Gasteiger partial charge in [0, 0.05) is 11.6 Å². The van der Waals surface area contributed by atoms with Gasteiger partial charge in [0.25, 0.3) is 0 Å². The number of halogens is 1. The van der Waals surface area contributed by atoms with E-state index in [2.05, 4.69) is 15.9 Å². The van der Waals surface area contributed by atoms with Gasteiger partial charge >= 0.3 is 0 Å². The summed E-state index contributed by atoms with van der Waals surface area (Å²) in [5.74, 6) is -0.755. The van der Waals surface area contributed by atoms with Crippen molar-refractivity contribution in [3.05, 3.63) is 34.3 Å². The largest absolute Gasteiger partial charge is 0.394 e. The van der Waals surface area contributed by atoms with Crippen LogP contribution < -0.4 is 0 Å². The van der Waals surface area contributed by atoms with E-state index in [4.69, 9.17) is 23.7 Å². The third kappa shape index (κ3) is 3.67. The molecule has 2 fully saturated rings. The zero-order valence-corrected chi connectivity index (χ0v) is 15.6. The summed E-state index contributed by atoms with van der Waals surface area (Å²) in [5, 5.41) is 9.71. The summed E-state index contributed by atoms with van der Waals surface area (Å²) in [6, 6.07) is 7.84. The molecule has 2 aliphatic rings. The Morgan fingerprint density at radius 1 is 1.21 bits per heavy atom. The first-order chi connectivity index (χ1) is 11.4. The van der Waals surface area contributed by atoms with Crippen LogP contribution in [0, 0.1) is 0 Å². The number of aliphatic hydroxyl groups is 1. The molecule has 0 unspecified atom stereocenters. The summed E-state index contributed by atoms with van der Waals surface area (Å²) < 4.78 is 30.1. The van der Waals surface area contributed by atoms with Crippen LogP contribution in [0.2, 0.25) is 0 Å². The third-order valence-corrected chi connectivity index (χ3v) is 5.01. The lowest BCUT2D eigenvalue weighted by Crippen LogP contribution is -2.58. The second-order valence-electron chi connectivity index (χ2n) is 6.39. The molecule has 3 rings (SSSR count). The Morgan fingerprint density at radius 2 is 1.92 bits per heavy atom. The third-order valence-electron chi connectivity index (χ3n) is 4.23. The molecule has 2 heterocycles. The molecule has 2 aliphatic heterocycles. The van der Waals surface area contributed by atoms with Gasteiger partial charge < -0.3 is 28.8 Å². The second-order valence-corrected chi connectivity index (χ2v) is 7.25. The molecule has 0 spiro atoms. The molecule has 7 heteroatoms. The van der Waals surface area contributed by atoms with Gasteiger partial charge in [0.05, 0.1) is 13.2 Å². The van der Waals surface area contributed by atoms with Crippen molar-refractivity contribution in [2.45, 2.75) is 56.9 Å². The summed E-state index contributed by atoms with van der Waals surface area (Å²) in [4.78, 5) is 0. The highest BCUT2D eigenvalue weighted by atomic mass is 79.9. The van der Waals surface area contributed by atoms with Gasteiger partial charge in [-0.1, -0.05) is 34.1 Å². The fourth-order valence-corrected chi connectivity index (χ4v) is 3.56. The van der Waals surface area contributed by atoms with Gasteiger partial charge in [0.2, 0.25) is 0 Å². The van der Waals surface area contributed by atoms with E-state index in [1.54, 1.807) is 7.11 Å². The van der Waals surface area contributed by atoms with Crippen molar-refractivity contribution in [3.63, 3.8) is 0 Å². The van der Waals surface area contributed by atoms with E-state index < -0.39 is 30.4 Å². The molecule has 0 saturated carbocycles. The fraction of sp³-hybridized carbons (Fsp3) is 0.647. The Bertz CT molecular complexity index is 566. The topological polar surface area (TPSA) is 66.4 Å². The Morgan fingerprint density at radius 3 is 2.58 bits per heavy atom. The number of ether oxygens (including phenoxy) is 5. The first-order valence-corrected chi connectivity index (χ1v) is 8.74. The van der Waals surface area contributed by atoms with Crippen LogP contribution in [0.1, 0.15) is 19.4 Å². The molecule has 0 aromatic heterocycles. The number of fused-ring (bicyclic) bond motifs is 1. The predicted octanol–water partition coefficient (Wildman–Crippen LogP) is 2.22. The normalized spacial score (nSPS) is 35.0. The minimum Gasteiger partial charge on any atom is -0.394 e. The number of methoxy groups -OCH3 is 1. The standard InChI is InChI=1S/C17H23BrO6/c1-17(2)23-14-13(21-9-10-6-4-5-7-11(10)18)12(8-19)22-16(20-3)15(14)24-17/h4-7,12-16,19H,8-9H2,1-3H3/t12-,13-,14+,15+,16+/m1/s1. The number of hydrogen-bond acceptors (Lipinski definition) is 6. The maximum atomic E-state index is 9.71. The van der Waals surface area contributed by atoms with Crippen LogP contribution in [0.25, 0.3) is 0 Å². The van der Waals surface area contributed by atoms with Gasteiger partial charge in [-0.25, -0.2) is 0 Å². The summed E-state index contributed by atoms with van der Waals surface area (Å²) in [6.45, 7) is 3.87. The molecule has 0 aliphatic carbocycles. The zero-order valence-electron chi connectivity index (χ0n) is 14.0. The summed E-state index contributed by atoms with van der Waals surface area (Å²) in [5.41, 5.74) is 1.01. The quantitative estimate of drug-likeness (QED) is 0.814. The molecule has 1 N–H and O–H groups in total. The van der Waals surface area contributed by atoms with E-state index >= 15 is 0 Å². The van der Waals surface area contributed by atoms with Crippen molar-refractivity contribution in [1.29, 1.82) is 0 Å². The SMILES string of the molecule is CO[C@H]1O[C@H](CO)[C@@H](OCc2ccccc2Br)[C@@H]2OC(C)(C)O[C@H]12. The molecule has 1 aromatic rings. The lowest BCUT2D eigenvalue weighted by molar-refractivity contribution is -0.280. The van der Waals surface area contributed by atoms with Crippen molar-refractivity contribution >= 4 is 15.9 Å². The van der Waals surface area contributed by atoms with Crippen LogP contribution in [-0.4, -0.2) is 55.3 Å². The summed E-state index contributed by atoms with van der Waals surface area (Å²) in [7, 11) is 1.55. The molecule has 6 nitrogen and oxygen atoms in total. The van der Waals surface area contributed by atoms with Gasteiger partial charge in [0.15, 0.2) is 12.1 Å². The number of hydrogen-bond donors (Lipinski definition) is 1. The Balaban J connectivity index is 1.78. The zero-order chi connectivity index (χ0) is 17.3. The lowest BCUT2D eigenvalue weighted by atomic mass is 9.99. The fourth-order valence-electron chi connectivity index (χ4n) is 3.16. The number of rotatable bonds is 5.